The summed E-state index contributed by atoms with van der Waals surface area (Å²) < 4.78 is 1.86. The van der Waals surface area contributed by atoms with Gasteiger partial charge in [0.1, 0.15) is 0 Å². The van der Waals surface area contributed by atoms with Gasteiger partial charge in [-0.2, -0.15) is 5.10 Å². The highest BCUT2D eigenvalue weighted by atomic mass is 16.3. The van der Waals surface area contributed by atoms with Gasteiger partial charge < -0.3 is 10.4 Å². The Morgan fingerprint density at radius 3 is 3.11 bits per heavy atom. The molecule has 0 aliphatic carbocycles. The zero-order chi connectivity index (χ0) is 13.7. The minimum absolute atomic E-state index is 0.00949. The summed E-state index contributed by atoms with van der Waals surface area (Å²) in [4.78, 5) is 11.6. The summed E-state index contributed by atoms with van der Waals surface area (Å²) in [6.45, 7) is 3.23. The molecule has 0 saturated carbocycles. The Balaban J connectivity index is 1.94. The van der Waals surface area contributed by atoms with Crippen molar-refractivity contribution in [3.63, 3.8) is 0 Å². The molecule has 0 aliphatic heterocycles. The number of carbonyl (C=O) groups is 1. The lowest BCUT2D eigenvalue weighted by Gasteiger charge is -2.05. The molecule has 5 heteroatoms. The van der Waals surface area contributed by atoms with Crippen molar-refractivity contribution >= 4 is 16.8 Å². The van der Waals surface area contributed by atoms with Gasteiger partial charge in [-0.1, -0.05) is 12.1 Å². The quantitative estimate of drug-likeness (QED) is 0.769. The largest absolute Gasteiger partial charge is 0.396 e. The smallest absolute Gasteiger partial charge is 0.221 e. The van der Waals surface area contributed by atoms with Gasteiger partial charge in [0.05, 0.1) is 18.3 Å². The van der Waals surface area contributed by atoms with Crippen LogP contribution in [-0.4, -0.2) is 33.9 Å². The van der Waals surface area contributed by atoms with Crippen molar-refractivity contribution in [3.8, 4) is 0 Å². The predicted molar refractivity (Wildman–Crippen MR) is 73.8 cm³/mol. The number of fused-ring (bicyclic) bond motifs is 1. The molecular weight excluding hydrogens is 242 g/mol. The number of aliphatic hydroxyl groups excluding tert-OH is 1. The Kier molecular flexibility index (Phi) is 4.52. The van der Waals surface area contributed by atoms with E-state index >= 15 is 0 Å². The fraction of sp³-hybridized carbons (Fsp3) is 0.429. The van der Waals surface area contributed by atoms with Crippen LogP contribution in [0.3, 0.4) is 0 Å². The first kappa shape index (κ1) is 13.5. The van der Waals surface area contributed by atoms with Crippen LogP contribution in [0.25, 0.3) is 10.9 Å². The van der Waals surface area contributed by atoms with Gasteiger partial charge in [-0.25, -0.2) is 0 Å². The summed E-state index contributed by atoms with van der Waals surface area (Å²) in [6, 6.07) is 6.16. The third-order valence-electron chi connectivity index (χ3n) is 3.01. The molecular formula is C14H19N3O2. The predicted octanol–water partition coefficient (Wildman–Crippen LogP) is 1.23. The maximum Gasteiger partial charge on any atom is 0.221 e. The second kappa shape index (κ2) is 6.33. The first-order chi connectivity index (χ1) is 9.20. The number of aromatic nitrogens is 2. The van der Waals surface area contributed by atoms with E-state index in [2.05, 4.69) is 22.5 Å². The molecule has 0 saturated heterocycles. The van der Waals surface area contributed by atoms with Crippen molar-refractivity contribution < 1.29 is 9.90 Å². The summed E-state index contributed by atoms with van der Waals surface area (Å²) in [7, 11) is 0. The van der Waals surface area contributed by atoms with Gasteiger partial charge in [-0.3, -0.25) is 9.48 Å². The molecule has 1 amide bonds. The first-order valence-electron chi connectivity index (χ1n) is 6.50. The molecule has 0 fully saturated rings. The highest BCUT2D eigenvalue weighted by molar-refractivity contribution is 5.80. The average Bonchev–Trinajstić information content (AvgIpc) is 2.79. The summed E-state index contributed by atoms with van der Waals surface area (Å²) in [5, 5.41) is 16.8. The van der Waals surface area contributed by atoms with E-state index < -0.39 is 0 Å². The molecule has 0 atom stereocenters. The Morgan fingerprint density at radius 2 is 2.32 bits per heavy atom. The number of aliphatic hydroxyl groups is 1. The number of nitrogens with zero attached hydrogens (tertiary/aromatic N) is 2. The van der Waals surface area contributed by atoms with E-state index in [4.69, 9.17) is 5.11 Å². The molecule has 1 heterocycles. The second-order valence-corrected chi connectivity index (χ2v) is 4.61. The summed E-state index contributed by atoms with van der Waals surface area (Å²) >= 11 is 0. The number of benzene rings is 1. The van der Waals surface area contributed by atoms with Crippen LogP contribution in [0.1, 0.15) is 18.4 Å². The zero-order valence-electron chi connectivity index (χ0n) is 11.1. The number of amides is 1. The lowest BCUT2D eigenvalue weighted by atomic mass is 10.2. The lowest BCUT2D eigenvalue weighted by Crippen LogP contribution is -2.26. The van der Waals surface area contributed by atoms with E-state index in [1.54, 1.807) is 0 Å². The van der Waals surface area contributed by atoms with Crippen molar-refractivity contribution in [2.45, 2.75) is 26.3 Å². The molecule has 102 valence electrons. The van der Waals surface area contributed by atoms with Gasteiger partial charge >= 0.3 is 0 Å². The molecule has 19 heavy (non-hydrogen) atoms. The Hall–Kier alpha value is -1.88. The van der Waals surface area contributed by atoms with E-state index in [1.807, 2.05) is 23.9 Å². The summed E-state index contributed by atoms with van der Waals surface area (Å²) in [5.41, 5.74) is 2.24. The fourth-order valence-electron chi connectivity index (χ4n) is 1.96. The average molecular weight is 261 g/mol. The number of aryl methyl sites for hydroxylation is 2. The van der Waals surface area contributed by atoms with Crippen LogP contribution in [0.5, 0.6) is 0 Å². The monoisotopic (exact) mass is 261 g/mol. The van der Waals surface area contributed by atoms with Crippen LogP contribution < -0.4 is 5.32 Å². The molecule has 0 radical (unpaired) electrons. The lowest BCUT2D eigenvalue weighted by molar-refractivity contribution is -0.121. The summed E-state index contributed by atoms with van der Waals surface area (Å²) in [5.74, 6) is -0.00949. The van der Waals surface area contributed by atoms with Gasteiger partial charge in [0.15, 0.2) is 0 Å². The van der Waals surface area contributed by atoms with Crippen LogP contribution >= 0.6 is 0 Å². The van der Waals surface area contributed by atoms with Gasteiger partial charge in [0, 0.05) is 25.0 Å². The van der Waals surface area contributed by atoms with E-state index in [0.29, 0.717) is 25.9 Å². The maximum absolute atomic E-state index is 11.6. The molecule has 2 rings (SSSR count). The van der Waals surface area contributed by atoms with E-state index in [9.17, 15) is 4.79 Å². The van der Waals surface area contributed by atoms with Crippen molar-refractivity contribution in [1.82, 2.24) is 15.1 Å². The van der Waals surface area contributed by atoms with E-state index in [-0.39, 0.29) is 12.5 Å². The normalized spacial score (nSPS) is 10.8. The van der Waals surface area contributed by atoms with Crippen molar-refractivity contribution in [2.75, 3.05) is 13.2 Å². The number of nitrogens with one attached hydrogen (secondary N) is 1. The molecule has 2 aromatic rings. The van der Waals surface area contributed by atoms with Crippen LogP contribution in [0.4, 0.5) is 0 Å². The van der Waals surface area contributed by atoms with E-state index in [1.165, 1.54) is 5.56 Å². The Bertz CT molecular complexity index is 563. The fourth-order valence-corrected chi connectivity index (χ4v) is 1.96. The highest BCUT2D eigenvalue weighted by Gasteiger charge is 2.05. The SMILES string of the molecule is Cc1ccc2cnn(CCC(=O)NCCCO)c2c1. The third-order valence-corrected chi connectivity index (χ3v) is 3.01. The minimum atomic E-state index is -0.00949. The number of hydrogen-bond acceptors (Lipinski definition) is 3. The Morgan fingerprint density at radius 1 is 1.47 bits per heavy atom. The third kappa shape index (κ3) is 3.54. The maximum atomic E-state index is 11.6. The minimum Gasteiger partial charge on any atom is -0.396 e. The van der Waals surface area contributed by atoms with E-state index in [0.717, 1.165) is 10.9 Å². The van der Waals surface area contributed by atoms with Crippen LogP contribution in [0, 0.1) is 6.92 Å². The summed E-state index contributed by atoms with van der Waals surface area (Å²) in [6.07, 6.45) is 2.81. The zero-order valence-corrected chi connectivity index (χ0v) is 11.1. The molecule has 5 nitrogen and oxygen atoms in total. The van der Waals surface area contributed by atoms with Crippen molar-refractivity contribution in [1.29, 1.82) is 0 Å². The topological polar surface area (TPSA) is 67.2 Å². The van der Waals surface area contributed by atoms with Gasteiger partial charge in [0.2, 0.25) is 5.91 Å². The van der Waals surface area contributed by atoms with Gasteiger partial charge in [-0.15, -0.1) is 0 Å². The van der Waals surface area contributed by atoms with Crippen LogP contribution in [-0.2, 0) is 11.3 Å². The first-order valence-corrected chi connectivity index (χ1v) is 6.50. The molecule has 0 unspecified atom stereocenters. The van der Waals surface area contributed by atoms with Crippen molar-refractivity contribution in [2.24, 2.45) is 0 Å². The molecule has 0 aliphatic rings. The Labute approximate surface area is 112 Å². The highest BCUT2D eigenvalue weighted by Crippen LogP contribution is 2.15. The van der Waals surface area contributed by atoms with Gasteiger partial charge in [0.25, 0.3) is 0 Å². The molecule has 0 spiro atoms. The molecule has 0 bridgehead atoms. The number of carbonyl (C=O) groups excluding carboxylic acids is 1. The van der Waals surface area contributed by atoms with Gasteiger partial charge in [-0.05, 0) is 25.0 Å². The second-order valence-electron chi connectivity index (χ2n) is 4.61. The molecule has 1 aromatic carbocycles. The molecule has 1 aromatic heterocycles. The van der Waals surface area contributed by atoms with Crippen LogP contribution in [0.2, 0.25) is 0 Å². The standard InChI is InChI=1S/C14H19N3O2/c1-11-3-4-12-10-16-17(13(12)9-11)7-5-14(19)15-6-2-8-18/h3-4,9-10,18H,2,5-8H2,1H3,(H,15,19). The number of hydrogen-bond donors (Lipinski definition) is 2. The van der Waals surface area contributed by atoms with Crippen LogP contribution in [0.15, 0.2) is 24.4 Å². The van der Waals surface area contributed by atoms with Crippen molar-refractivity contribution in [3.05, 3.63) is 30.0 Å². The molecule has 2 N–H and O–H groups in total. The number of rotatable bonds is 6.